The van der Waals surface area contributed by atoms with E-state index in [9.17, 15) is 27.9 Å². The number of aliphatic carboxylic acids is 1. The van der Waals surface area contributed by atoms with Crippen molar-refractivity contribution in [1.82, 2.24) is 9.55 Å². The van der Waals surface area contributed by atoms with Gasteiger partial charge >= 0.3 is 5.97 Å². The summed E-state index contributed by atoms with van der Waals surface area (Å²) in [6.45, 7) is 1.36. The van der Waals surface area contributed by atoms with Crippen LogP contribution in [0.5, 0.6) is 0 Å². The second kappa shape index (κ2) is 7.22. The smallest absolute Gasteiger partial charge is 0.323 e. The Kier molecular flexibility index (Phi) is 4.98. The summed E-state index contributed by atoms with van der Waals surface area (Å²) in [6.07, 6.45) is -0.0964. The van der Waals surface area contributed by atoms with Gasteiger partial charge in [0.25, 0.3) is 5.56 Å². The van der Waals surface area contributed by atoms with Gasteiger partial charge in [-0.1, -0.05) is 12.1 Å². The zero-order valence-corrected chi connectivity index (χ0v) is 14.3. The number of halogens is 3. The van der Waals surface area contributed by atoms with Crippen LogP contribution in [0.1, 0.15) is 17.0 Å². The minimum Gasteiger partial charge on any atom is -0.480 e. The Morgan fingerprint density at radius 2 is 1.85 bits per heavy atom. The molecule has 0 unspecified atom stereocenters. The largest absolute Gasteiger partial charge is 0.480 e. The summed E-state index contributed by atoms with van der Waals surface area (Å²) in [6, 6.07) is 6.88. The predicted molar refractivity (Wildman–Crippen MR) is 92.1 cm³/mol. The van der Waals surface area contributed by atoms with Gasteiger partial charge in [0.05, 0.1) is 10.9 Å². The lowest BCUT2D eigenvalue weighted by Crippen LogP contribution is -2.22. The standard InChI is InChI=1S/C19H15F3N2O3/c1-10-2-5-12-14(8-10)24(9-16(25)26)15(23-19(12)27)7-4-11-3-6-13(20)18(22)17(11)21/h2-3,5-6,8H,4,7,9H2,1H3,(H,25,26). The monoisotopic (exact) mass is 376 g/mol. The molecule has 140 valence electrons. The molecule has 0 fully saturated rings. The first-order valence-corrected chi connectivity index (χ1v) is 8.12. The van der Waals surface area contributed by atoms with E-state index < -0.39 is 35.5 Å². The van der Waals surface area contributed by atoms with Gasteiger partial charge in [-0.05, 0) is 42.7 Å². The van der Waals surface area contributed by atoms with Crippen LogP contribution in [-0.2, 0) is 24.2 Å². The molecular formula is C19H15F3N2O3. The Morgan fingerprint density at radius 1 is 1.11 bits per heavy atom. The molecule has 5 nitrogen and oxygen atoms in total. The molecule has 0 radical (unpaired) electrons. The number of fused-ring (bicyclic) bond motifs is 1. The van der Waals surface area contributed by atoms with Crippen LogP contribution in [-0.4, -0.2) is 20.6 Å². The number of aromatic nitrogens is 2. The molecule has 0 spiro atoms. The molecular weight excluding hydrogens is 361 g/mol. The summed E-state index contributed by atoms with van der Waals surface area (Å²) in [4.78, 5) is 27.5. The van der Waals surface area contributed by atoms with E-state index in [4.69, 9.17) is 0 Å². The Balaban J connectivity index is 2.07. The second-order valence-corrected chi connectivity index (χ2v) is 6.17. The number of carbonyl (C=O) groups is 1. The van der Waals surface area contributed by atoms with Crippen LogP contribution >= 0.6 is 0 Å². The molecule has 8 heteroatoms. The number of rotatable bonds is 5. The van der Waals surface area contributed by atoms with Crippen molar-refractivity contribution in [3.05, 3.63) is 75.1 Å². The summed E-state index contributed by atoms with van der Waals surface area (Å²) in [5, 5.41) is 9.48. The first-order chi connectivity index (χ1) is 12.8. The number of carboxylic acid groups (broad SMARTS) is 1. The second-order valence-electron chi connectivity index (χ2n) is 6.17. The van der Waals surface area contributed by atoms with Crippen molar-refractivity contribution in [3.8, 4) is 0 Å². The molecule has 27 heavy (non-hydrogen) atoms. The Morgan fingerprint density at radius 3 is 2.56 bits per heavy atom. The van der Waals surface area contributed by atoms with Crippen molar-refractivity contribution in [2.45, 2.75) is 26.3 Å². The Hall–Kier alpha value is -3.16. The van der Waals surface area contributed by atoms with Gasteiger partial charge in [0.15, 0.2) is 17.5 Å². The fraction of sp³-hybridized carbons (Fsp3) is 0.211. The van der Waals surface area contributed by atoms with Gasteiger partial charge in [-0.25, -0.2) is 13.2 Å². The van der Waals surface area contributed by atoms with Gasteiger partial charge in [0.1, 0.15) is 12.4 Å². The lowest BCUT2D eigenvalue weighted by Gasteiger charge is -2.15. The maximum absolute atomic E-state index is 13.9. The SMILES string of the molecule is Cc1ccc2c(=O)nc(CCc3ccc(F)c(F)c3F)n(CC(=O)O)c2c1. The molecule has 0 aliphatic heterocycles. The van der Waals surface area contributed by atoms with Gasteiger partial charge in [0, 0.05) is 6.42 Å². The fourth-order valence-corrected chi connectivity index (χ4v) is 2.93. The van der Waals surface area contributed by atoms with Crippen molar-refractivity contribution in [1.29, 1.82) is 0 Å². The van der Waals surface area contributed by atoms with Crippen molar-refractivity contribution in [2.24, 2.45) is 0 Å². The van der Waals surface area contributed by atoms with E-state index in [-0.39, 0.29) is 29.6 Å². The molecule has 0 amide bonds. The topological polar surface area (TPSA) is 72.2 Å². The molecule has 0 atom stereocenters. The van der Waals surface area contributed by atoms with Crippen molar-refractivity contribution in [3.63, 3.8) is 0 Å². The summed E-state index contributed by atoms with van der Waals surface area (Å²) < 4.78 is 41.7. The summed E-state index contributed by atoms with van der Waals surface area (Å²) >= 11 is 0. The number of benzene rings is 2. The molecule has 0 saturated carbocycles. The highest BCUT2D eigenvalue weighted by molar-refractivity contribution is 5.80. The zero-order valence-electron chi connectivity index (χ0n) is 14.3. The first kappa shape index (κ1) is 18.6. The Bertz CT molecular complexity index is 1110. The van der Waals surface area contributed by atoms with Crippen molar-refractivity contribution >= 4 is 16.9 Å². The van der Waals surface area contributed by atoms with E-state index in [0.717, 1.165) is 17.7 Å². The van der Waals surface area contributed by atoms with E-state index >= 15 is 0 Å². The third-order valence-electron chi connectivity index (χ3n) is 4.24. The van der Waals surface area contributed by atoms with Crippen LogP contribution in [0.2, 0.25) is 0 Å². The summed E-state index contributed by atoms with van der Waals surface area (Å²) in [5.41, 5.74) is 0.602. The van der Waals surface area contributed by atoms with Crippen LogP contribution in [0.4, 0.5) is 13.2 Å². The molecule has 3 aromatic rings. The quantitative estimate of drug-likeness (QED) is 0.695. The fourth-order valence-electron chi connectivity index (χ4n) is 2.93. The average molecular weight is 376 g/mol. The highest BCUT2D eigenvalue weighted by Gasteiger charge is 2.17. The molecule has 3 rings (SSSR count). The highest BCUT2D eigenvalue weighted by atomic mass is 19.2. The van der Waals surface area contributed by atoms with Crippen LogP contribution < -0.4 is 5.56 Å². The number of nitrogens with zero attached hydrogens (tertiary/aromatic N) is 2. The van der Waals surface area contributed by atoms with E-state index in [1.807, 2.05) is 0 Å². The third-order valence-corrected chi connectivity index (χ3v) is 4.24. The van der Waals surface area contributed by atoms with Crippen molar-refractivity contribution < 1.29 is 23.1 Å². The number of carboxylic acids is 1. The van der Waals surface area contributed by atoms with Gasteiger partial charge in [-0.3, -0.25) is 9.59 Å². The van der Waals surface area contributed by atoms with Crippen molar-refractivity contribution in [2.75, 3.05) is 0 Å². The van der Waals surface area contributed by atoms with E-state index in [1.54, 1.807) is 25.1 Å². The third kappa shape index (κ3) is 3.69. The maximum atomic E-state index is 13.9. The molecule has 0 saturated heterocycles. The van der Waals surface area contributed by atoms with Crippen LogP contribution in [0.15, 0.2) is 35.1 Å². The minimum atomic E-state index is -1.57. The minimum absolute atomic E-state index is 0.0195. The highest BCUT2D eigenvalue weighted by Crippen LogP contribution is 2.19. The summed E-state index contributed by atoms with van der Waals surface area (Å²) in [7, 11) is 0. The van der Waals surface area contributed by atoms with Crippen LogP contribution in [0.3, 0.4) is 0 Å². The van der Waals surface area contributed by atoms with Gasteiger partial charge < -0.3 is 9.67 Å². The average Bonchev–Trinajstić information content (AvgIpc) is 2.61. The first-order valence-electron chi connectivity index (χ1n) is 8.12. The van der Waals surface area contributed by atoms with E-state index in [0.29, 0.717) is 5.52 Å². The van der Waals surface area contributed by atoms with Gasteiger partial charge in [-0.15, -0.1) is 0 Å². The Labute approximate surface area is 151 Å². The predicted octanol–water partition coefficient (Wildman–Crippen LogP) is 2.99. The number of hydrogen-bond donors (Lipinski definition) is 1. The van der Waals surface area contributed by atoms with E-state index in [2.05, 4.69) is 4.98 Å². The molecule has 1 N–H and O–H groups in total. The molecule has 1 aromatic heterocycles. The molecule has 0 aliphatic rings. The lowest BCUT2D eigenvalue weighted by molar-refractivity contribution is -0.137. The van der Waals surface area contributed by atoms with Crippen LogP contribution in [0.25, 0.3) is 10.9 Å². The molecule has 0 bridgehead atoms. The number of aryl methyl sites for hydroxylation is 3. The normalized spacial score (nSPS) is 11.1. The molecule has 1 heterocycles. The van der Waals surface area contributed by atoms with Gasteiger partial charge in [-0.2, -0.15) is 4.98 Å². The van der Waals surface area contributed by atoms with Crippen LogP contribution in [0, 0.1) is 24.4 Å². The zero-order chi connectivity index (χ0) is 19.7. The number of hydrogen-bond acceptors (Lipinski definition) is 3. The lowest BCUT2D eigenvalue weighted by atomic mass is 10.1. The maximum Gasteiger partial charge on any atom is 0.323 e. The summed E-state index contributed by atoms with van der Waals surface area (Å²) in [5.74, 6) is -5.18. The molecule has 2 aromatic carbocycles. The molecule has 0 aliphatic carbocycles. The van der Waals surface area contributed by atoms with E-state index in [1.165, 1.54) is 4.57 Å². The van der Waals surface area contributed by atoms with Gasteiger partial charge in [0.2, 0.25) is 0 Å².